The summed E-state index contributed by atoms with van der Waals surface area (Å²) in [5, 5.41) is 7.97. The maximum Gasteiger partial charge on any atom is 0.165 e. The van der Waals surface area contributed by atoms with Crippen LogP contribution in [0.15, 0.2) is 24.4 Å². The monoisotopic (exact) mass is 297 g/mol. The molecule has 0 saturated heterocycles. The summed E-state index contributed by atoms with van der Waals surface area (Å²) in [6.07, 6.45) is 1.58. The number of rotatable bonds is 5. The molecule has 6 heteroatoms. The largest absolute Gasteiger partial charge is 0.494 e. The number of halogens is 2. The first-order valence-electron chi connectivity index (χ1n) is 6.32. The molecular formula is C14H17ClFN3O. The van der Waals surface area contributed by atoms with Crippen molar-refractivity contribution in [3.05, 3.63) is 46.5 Å². The highest BCUT2D eigenvalue weighted by Gasteiger charge is 2.21. The maximum atomic E-state index is 13.9. The number of aromatic nitrogens is 2. The Balaban J connectivity index is 2.46. The second-order valence-electron chi connectivity index (χ2n) is 4.39. The Morgan fingerprint density at radius 2 is 2.25 bits per heavy atom. The van der Waals surface area contributed by atoms with Crippen LogP contribution in [0.5, 0.6) is 5.75 Å². The molecule has 0 amide bonds. The summed E-state index contributed by atoms with van der Waals surface area (Å²) in [7, 11) is 3.25. The summed E-state index contributed by atoms with van der Waals surface area (Å²) in [6.45, 7) is 2.71. The number of nitrogens with one attached hydrogen (secondary N) is 1. The summed E-state index contributed by atoms with van der Waals surface area (Å²) in [6, 6.07) is 4.66. The van der Waals surface area contributed by atoms with Crippen molar-refractivity contribution in [1.29, 1.82) is 0 Å². The van der Waals surface area contributed by atoms with E-state index in [1.54, 1.807) is 16.9 Å². The zero-order valence-corrected chi connectivity index (χ0v) is 12.4. The Bertz CT molecular complexity index is 581. The van der Waals surface area contributed by atoms with Gasteiger partial charge < -0.3 is 10.1 Å². The maximum absolute atomic E-state index is 13.9. The minimum absolute atomic E-state index is 0.222. The van der Waals surface area contributed by atoms with Crippen LogP contribution in [-0.4, -0.2) is 23.4 Å². The van der Waals surface area contributed by atoms with Crippen molar-refractivity contribution in [3.63, 3.8) is 0 Å². The van der Waals surface area contributed by atoms with E-state index in [0.717, 1.165) is 17.8 Å². The first kappa shape index (κ1) is 14.8. The van der Waals surface area contributed by atoms with Crippen LogP contribution in [0.1, 0.15) is 24.2 Å². The Kier molecular flexibility index (Phi) is 4.62. The molecule has 2 aromatic rings. The van der Waals surface area contributed by atoms with Gasteiger partial charge >= 0.3 is 0 Å². The van der Waals surface area contributed by atoms with Gasteiger partial charge in [0.2, 0.25) is 0 Å². The molecule has 0 spiro atoms. The number of ether oxygens (including phenoxy) is 1. The van der Waals surface area contributed by atoms with Gasteiger partial charge in [-0.05, 0) is 24.2 Å². The zero-order valence-electron chi connectivity index (χ0n) is 11.7. The SMILES string of the molecule is CCNC(c1ccc(OC)c(F)c1)c1c(Cl)cnn1C. The summed E-state index contributed by atoms with van der Waals surface area (Å²) in [5.74, 6) is -0.175. The molecule has 0 aliphatic carbocycles. The van der Waals surface area contributed by atoms with Crippen LogP contribution in [-0.2, 0) is 7.05 Å². The average molecular weight is 298 g/mol. The lowest BCUT2D eigenvalue weighted by molar-refractivity contribution is 0.385. The van der Waals surface area contributed by atoms with Gasteiger partial charge in [-0.15, -0.1) is 0 Å². The third-order valence-electron chi connectivity index (χ3n) is 3.13. The van der Waals surface area contributed by atoms with Crippen molar-refractivity contribution in [3.8, 4) is 5.75 Å². The first-order chi connectivity index (χ1) is 9.58. The molecule has 4 nitrogen and oxygen atoms in total. The van der Waals surface area contributed by atoms with Gasteiger partial charge in [0.25, 0.3) is 0 Å². The van der Waals surface area contributed by atoms with E-state index in [1.807, 2.05) is 20.0 Å². The van der Waals surface area contributed by atoms with E-state index in [-0.39, 0.29) is 11.8 Å². The fraction of sp³-hybridized carbons (Fsp3) is 0.357. The molecule has 1 heterocycles. The Morgan fingerprint density at radius 3 is 2.75 bits per heavy atom. The van der Waals surface area contributed by atoms with Crippen LogP contribution in [0.4, 0.5) is 4.39 Å². The lowest BCUT2D eigenvalue weighted by atomic mass is 10.0. The van der Waals surface area contributed by atoms with Crippen LogP contribution in [0.3, 0.4) is 0 Å². The van der Waals surface area contributed by atoms with Crippen LogP contribution >= 0.6 is 11.6 Å². The summed E-state index contributed by atoms with van der Waals surface area (Å²) in [5.41, 5.74) is 1.58. The van der Waals surface area contributed by atoms with Crippen LogP contribution in [0.25, 0.3) is 0 Å². The van der Waals surface area contributed by atoms with Gasteiger partial charge in [-0.25, -0.2) is 4.39 Å². The first-order valence-corrected chi connectivity index (χ1v) is 6.70. The van der Waals surface area contributed by atoms with E-state index < -0.39 is 5.82 Å². The summed E-state index contributed by atoms with van der Waals surface area (Å²) >= 11 is 6.18. The van der Waals surface area contributed by atoms with Crippen molar-refractivity contribution in [2.45, 2.75) is 13.0 Å². The van der Waals surface area contributed by atoms with Gasteiger partial charge in [0.05, 0.1) is 30.1 Å². The molecule has 1 aromatic carbocycles. The molecule has 1 aromatic heterocycles. The molecule has 1 N–H and O–H groups in total. The van der Waals surface area contributed by atoms with E-state index >= 15 is 0 Å². The molecule has 0 saturated carbocycles. The Morgan fingerprint density at radius 1 is 1.50 bits per heavy atom. The molecule has 0 radical (unpaired) electrons. The summed E-state index contributed by atoms with van der Waals surface area (Å²) in [4.78, 5) is 0. The van der Waals surface area contributed by atoms with E-state index in [9.17, 15) is 4.39 Å². The molecule has 0 bridgehead atoms. The number of hydrogen-bond donors (Lipinski definition) is 1. The van der Waals surface area contributed by atoms with E-state index in [0.29, 0.717) is 5.02 Å². The van der Waals surface area contributed by atoms with Gasteiger partial charge in [0.1, 0.15) is 0 Å². The fourth-order valence-corrected chi connectivity index (χ4v) is 2.46. The van der Waals surface area contributed by atoms with Gasteiger partial charge in [-0.1, -0.05) is 24.6 Å². The molecule has 2 rings (SSSR count). The van der Waals surface area contributed by atoms with Crippen molar-refractivity contribution >= 4 is 11.6 Å². The van der Waals surface area contributed by atoms with Crippen LogP contribution in [0.2, 0.25) is 5.02 Å². The molecule has 1 atom stereocenters. The standard InChI is InChI=1S/C14H17ClFN3O/c1-4-17-13(14-10(15)8-18-19(14)2)9-5-6-12(20-3)11(16)7-9/h5-8,13,17H,4H2,1-3H3. The van der Waals surface area contributed by atoms with E-state index in [4.69, 9.17) is 16.3 Å². The van der Waals surface area contributed by atoms with Crippen molar-refractivity contribution in [1.82, 2.24) is 15.1 Å². The normalized spacial score (nSPS) is 12.4. The zero-order chi connectivity index (χ0) is 14.7. The third-order valence-corrected chi connectivity index (χ3v) is 3.42. The Hall–Kier alpha value is -1.59. The van der Waals surface area contributed by atoms with Crippen molar-refractivity contribution in [2.75, 3.05) is 13.7 Å². The molecule has 20 heavy (non-hydrogen) atoms. The van der Waals surface area contributed by atoms with Gasteiger partial charge in [-0.3, -0.25) is 4.68 Å². The van der Waals surface area contributed by atoms with E-state index in [1.165, 1.54) is 13.2 Å². The molecular weight excluding hydrogens is 281 g/mol. The number of nitrogens with zero attached hydrogens (tertiary/aromatic N) is 2. The Labute approximate surface area is 122 Å². The van der Waals surface area contributed by atoms with Crippen molar-refractivity contribution in [2.24, 2.45) is 7.05 Å². The van der Waals surface area contributed by atoms with Gasteiger partial charge in [0.15, 0.2) is 11.6 Å². The second kappa shape index (κ2) is 6.24. The average Bonchev–Trinajstić information content (AvgIpc) is 2.76. The fourth-order valence-electron chi connectivity index (χ4n) is 2.18. The highest BCUT2D eigenvalue weighted by molar-refractivity contribution is 6.31. The minimum Gasteiger partial charge on any atom is -0.494 e. The van der Waals surface area contributed by atoms with Crippen LogP contribution < -0.4 is 10.1 Å². The molecule has 0 fully saturated rings. The van der Waals surface area contributed by atoms with Gasteiger partial charge in [-0.2, -0.15) is 5.10 Å². The smallest absolute Gasteiger partial charge is 0.165 e. The third kappa shape index (κ3) is 2.78. The lowest BCUT2D eigenvalue weighted by Crippen LogP contribution is -2.24. The number of hydrogen-bond acceptors (Lipinski definition) is 3. The predicted octanol–water partition coefficient (Wildman–Crippen LogP) is 2.92. The quantitative estimate of drug-likeness (QED) is 0.922. The van der Waals surface area contributed by atoms with Gasteiger partial charge in [0, 0.05) is 7.05 Å². The molecule has 0 aliphatic rings. The minimum atomic E-state index is -0.397. The van der Waals surface area contributed by atoms with Crippen LogP contribution in [0, 0.1) is 5.82 Å². The lowest BCUT2D eigenvalue weighted by Gasteiger charge is -2.20. The molecule has 1 unspecified atom stereocenters. The number of benzene rings is 1. The second-order valence-corrected chi connectivity index (χ2v) is 4.79. The topological polar surface area (TPSA) is 39.1 Å². The number of methoxy groups -OCH3 is 1. The number of aryl methyl sites for hydroxylation is 1. The molecule has 108 valence electrons. The van der Waals surface area contributed by atoms with Crippen molar-refractivity contribution < 1.29 is 9.13 Å². The summed E-state index contributed by atoms with van der Waals surface area (Å²) < 4.78 is 20.5. The molecule has 0 aliphatic heterocycles. The van der Waals surface area contributed by atoms with E-state index in [2.05, 4.69) is 10.4 Å². The highest BCUT2D eigenvalue weighted by atomic mass is 35.5. The predicted molar refractivity (Wildman–Crippen MR) is 76.7 cm³/mol. The highest BCUT2D eigenvalue weighted by Crippen LogP contribution is 2.30.